The molecule has 0 bridgehead atoms. The standard InChI is InChI=1S/C21H33FN4O2/c1-21(2,3)28-20(27)26-12-10-16(11-13-26)14-24-19(23-4)25(5)15-17-6-8-18(22)9-7-17/h6-9,16H,10-15H2,1-5H3,(H,23,24). The van der Waals surface area contributed by atoms with Gasteiger partial charge in [-0.05, 0) is 57.2 Å². The smallest absolute Gasteiger partial charge is 0.410 e. The number of carbonyl (C=O) groups excluding carboxylic acids is 1. The van der Waals surface area contributed by atoms with Gasteiger partial charge in [-0.3, -0.25) is 4.99 Å². The molecule has 0 saturated carbocycles. The van der Waals surface area contributed by atoms with E-state index in [1.807, 2.05) is 32.7 Å². The second kappa shape index (κ2) is 9.75. The Morgan fingerprint density at radius 3 is 2.43 bits per heavy atom. The van der Waals surface area contributed by atoms with Crippen molar-refractivity contribution in [2.24, 2.45) is 10.9 Å². The molecule has 1 aromatic rings. The molecule has 0 atom stereocenters. The average Bonchev–Trinajstić information content (AvgIpc) is 2.63. The van der Waals surface area contributed by atoms with Crippen LogP contribution in [0.25, 0.3) is 0 Å². The van der Waals surface area contributed by atoms with Gasteiger partial charge in [-0.15, -0.1) is 0 Å². The summed E-state index contributed by atoms with van der Waals surface area (Å²) in [4.78, 5) is 20.3. The fraction of sp³-hybridized carbons (Fsp3) is 0.619. The van der Waals surface area contributed by atoms with Crippen LogP contribution in [0.5, 0.6) is 0 Å². The Hall–Kier alpha value is -2.31. The Morgan fingerprint density at radius 1 is 1.29 bits per heavy atom. The zero-order valence-electron chi connectivity index (χ0n) is 17.7. The number of piperidine rings is 1. The lowest BCUT2D eigenvalue weighted by atomic mass is 9.97. The molecule has 1 saturated heterocycles. The van der Waals surface area contributed by atoms with Crippen molar-refractivity contribution in [1.82, 2.24) is 15.1 Å². The first-order valence-electron chi connectivity index (χ1n) is 9.82. The van der Waals surface area contributed by atoms with Crippen LogP contribution in [0.15, 0.2) is 29.3 Å². The van der Waals surface area contributed by atoms with Crippen molar-refractivity contribution in [3.05, 3.63) is 35.6 Å². The van der Waals surface area contributed by atoms with Crippen LogP contribution in [0.3, 0.4) is 0 Å². The molecule has 1 amide bonds. The lowest BCUT2D eigenvalue weighted by Gasteiger charge is -2.34. The normalized spacial score (nSPS) is 16.1. The molecular weight excluding hydrogens is 359 g/mol. The highest BCUT2D eigenvalue weighted by molar-refractivity contribution is 5.79. The minimum Gasteiger partial charge on any atom is -0.444 e. The minimum absolute atomic E-state index is 0.228. The number of hydrogen-bond donors (Lipinski definition) is 1. The maximum atomic E-state index is 13.1. The monoisotopic (exact) mass is 392 g/mol. The topological polar surface area (TPSA) is 57.2 Å². The van der Waals surface area contributed by atoms with E-state index in [4.69, 9.17) is 4.74 Å². The molecule has 0 radical (unpaired) electrons. The fourth-order valence-electron chi connectivity index (χ4n) is 3.21. The lowest BCUT2D eigenvalue weighted by molar-refractivity contribution is 0.0185. The number of aliphatic imine (C=N–C) groups is 1. The highest BCUT2D eigenvalue weighted by atomic mass is 19.1. The first-order valence-corrected chi connectivity index (χ1v) is 9.82. The zero-order chi connectivity index (χ0) is 20.7. The van der Waals surface area contributed by atoms with Gasteiger partial charge in [-0.25, -0.2) is 9.18 Å². The van der Waals surface area contributed by atoms with Gasteiger partial charge in [0.1, 0.15) is 11.4 Å². The summed E-state index contributed by atoms with van der Waals surface area (Å²) in [5, 5.41) is 3.42. The number of halogens is 1. The molecule has 2 rings (SSSR count). The first-order chi connectivity index (χ1) is 13.2. The van der Waals surface area contributed by atoms with Crippen LogP contribution in [-0.4, -0.2) is 61.2 Å². The third-order valence-electron chi connectivity index (χ3n) is 4.72. The average molecular weight is 393 g/mol. The van der Waals surface area contributed by atoms with E-state index >= 15 is 0 Å². The van der Waals surface area contributed by atoms with Crippen LogP contribution in [0.2, 0.25) is 0 Å². The molecule has 1 fully saturated rings. The van der Waals surface area contributed by atoms with Gasteiger partial charge in [0.2, 0.25) is 0 Å². The van der Waals surface area contributed by atoms with E-state index in [1.165, 1.54) is 12.1 Å². The Bertz CT molecular complexity index is 662. The molecule has 1 aliphatic heterocycles. The van der Waals surface area contributed by atoms with E-state index in [-0.39, 0.29) is 11.9 Å². The molecule has 6 nitrogen and oxygen atoms in total. The summed E-state index contributed by atoms with van der Waals surface area (Å²) in [6, 6.07) is 6.51. The van der Waals surface area contributed by atoms with E-state index in [0.29, 0.717) is 25.6 Å². The number of hydrogen-bond acceptors (Lipinski definition) is 3. The summed E-state index contributed by atoms with van der Waals surface area (Å²) in [6.07, 6.45) is 1.64. The lowest BCUT2D eigenvalue weighted by Crippen LogP contribution is -2.45. The van der Waals surface area contributed by atoms with Gasteiger partial charge in [0, 0.05) is 40.3 Å². The molecule has 1 aromatic carbocycles. The van der Waals surface area contributed by atoms with Crippen molar-refractivity contribution in [2.45, 2.75) is 45.8 Å². The first kappa shape index (κ1) is 22.0. The Balaban J connectivity index is 1.76. The predicted octanol–water partition coefficient (Wildman–Crippen LogP) is 3.48. The van der Waals surface area contributed by atoms with Crippen LogP contribution in [0, 0.1) is 11.7 Å². The molecule has 1 N–H and O–H groups in total. The van der Waals surface area contributed by atoms with Crippen molar-refractivity contribution in [3.8, 4) is 0 Å². The molecule has 28 heavy (non-hydrogen) atoms. The number of amides is 1. The number of benzene rings is 1. The van der Waals surface area contributed by atoms with Crippen LogP contribution >= 0.6 is 0 Å². The molecular formula is C21H33FN4O2. The molecule has 0 unspecified atom stereocenters. The largest absolute Gasteiger partial charge is 0.444 e. The maximum absolute atomic E-state index is 13.1. The molecule has 0 spiro atoms. The summed E-state index contributed by atoms with van der Waals surface area (Å²) < 4.78 is 18.5. The van der Waals surface area contributed by atoms with Gasteiger partial charge >= 0.3 is 6.09 Å². The van der Waals surface area contributed by atoms with Crippen molar-refractivity contribution < 1.29 is 13.9 Å². The van der Waals surface area contributed by atoms with Crippen molar-refractivity contribution in [3.63, 3.8) is 0 Å². The highest BCUT2D eigenvalue weighted by Gasteiger charge is 2.27. The van der Waals surface area contributed by atoms with E-state index in [9.17, 15) is 9.18 Å². The van der Waals surface area contributed by atoms with Gasteiger partial charge in [0.15, 0.2) is 5.96 Å². The van der Waals surface area contributed by atoms with Gasteiger partial charge < -0.3 is 19.9 Å². The van der Waals surface area contributed by atoms with Gasteiger partial charge in [-0.1, -0.05) is 12.1 Å². The highest BCUT2D eigenvalue weighted by Crippen LogP contribution is 2.19. The quantitative estimate of drug-likeness (QED) is 0.630. The minimum atomic E-state index is -0.461. The number of likely N-dealkylation sites (tertiary alicyclic amines) is 1. The fourth-order valence-corrected chi connectivity index (χ4v) is 3.21. The van der Waals surface area contributed by atoms with Crippen LogP contribution in [0.1, 0.15) is 39.2 Å². The molecule has 156 valence electrons. The molecule has 1 aliphatic rings. The Kier molecular flexibility index (Phi) is 7.66. The Labute approximate surface area is 167 Å². The summed E-state index contributed by atoms with van der Waals surface area (Å²) in [5.41, 5.74) is 0.564. The predicted molar refractivity (Wildman–Crippen MR) is 110 cm³/mol. The van der Waals surface area contributed by atoms with E-state index < -0.39 is 5.60 Å². The second-order valence-corrected chi connectivity index (χ2v) is 8.32. The molecule has 0 aromatic heterocycles. The number of guanidine groups is 1. The van der Waals surface area contributed by atoms with Crippen molar-refractivity contribution in [2.75, 3.05) is 33.7 Å². The van der Waals surface area contributed by atoms with Crippen LogP contribution < -0.4 is 5.32 Å². The van der Waals surface area contributed by atoms with Crippen molar-refractivity contribution in [1.29, 1.82) is 0 Å². The van der Waals surface area contributed by atoms with E-state index in [0.717, 1.165) is 30.9 Å². The zero-order valence-corrected chi connectivity index (χ0v) is 17.7. The third kappa shape index (κ3) is 7.02. The summed E-state index contributed by atoms with van der Waals surface area (Å²) >= 11 is 0. The second-order valence-electron chi connectivity index (χ2n) is 8.32. The number of carbonyl (C=O) groups is 1. The number of nitrogens with zero attached hydrogens (tertiary/aromatic N) is 3. The number of rotatable bonds is 4. The molecule has 7 heteroatoms. The van der Waals surface area contributed by atoms with Crippen LogP contribution in [0.4, 0.5) is 9.18 Å². The molecule has 1 heterocycles. The van der Waals surface area contributed by atoms with E-state index in [2.05, 4.69) is 10.3 Å². The molecule has 0 aliphatic carbocycles. The Morgan fingerprint density at radius 2 is 1.89 bits per heavy atom. The maximum Gasteiger partial charge on any atom is 0.410 e. The summed E-state index contributed by atoms with van der Waals surface area (Å²) in [6.45, 7) is 8.54. The SMILES string of the molecule is CN=C(NCC1CCN(C(=O)OC(C)(C)C)CC1)N(C)Cc1ccc(F)cc1. The van der Waals surface area contributed by atoms with Crippen LogP contribution in [-0.2, 0) is 11.3 Å². The van der Waals surface area contributed by atoms with Gasteiger partial charge in [0.25, 0.3) is 0 Å². The van der Waals surface area contributed by atoms with Gasteiger partial charge in [-0.2, -0.15) is 0 Å². The third-order valence-corrected chi connectivity index (χ3v) is 4.72. The van der Waals surface area contributed by atoms with Gasteiger partial charge in [0.05, 0.1) is 0 Å². The number of nitrogens with one attached hydrogen (secondary N) is 1. The summed E-state index contributed by atoms with van der Waals surface area (Å²) in [7, 11) is 3.72. The van der Waals surface area contributed by atoms with Crippen molar-refractivity contribution >= 4 is 12.1 Å². The number of ether oxygens (including phenoxy) is 1. The summed E-state index contributed by atoms with van der Waals surface area (Å²) in [5.74, 6) is 1.06. The van der Waals surface area contributed by atoms with E-state index in [1.54, 1.807) is 24.1 Å².